The lowest BCUT2D eigenvalue weighted by atomic mass is 9.92. The first-order chi connectivity index (χ1) is 9.10. The van der Waals surface area contributed by atoms with Crippen molar-refractivity contribution in [2.45, 2.75) is 38.8 Å². The summed E-state index contributed by atoms with van der Waals surface area (Å²) >= 11 is 3.35. The molecular formula is C15H20BrNO3. The zero-order valence-electron chi connectivity index (χ0n) is 12.4. The van der Waals surface area contributed by atoms with Crippen molar-refractivity contribution in [2.24, 2.45) is 0 Å². The third-order valence-electron chi connectivity index (χ3n) is 3.02. The van der Waals surface area contributed by atoms with Gasteiger partial charge in [0, 0.05) is 11.5 Å². The van der Waals surface area contributed by atoms with Crippen LogP contribution in [-0.4, -0.2) is 29.9 Å². The van der Waals surface area contributed by atoms with Crippen LogP contribution in [0.3, 0.4) is 0 Å². The number of carbonyl (C=O) groups is 2. The van der Waals surface area contributed by atoms with Crippen molar-refractivity contribution < 1.29 is 14.3 Å². The molecular weight excluding hydrogens is 322 g/mol. The molecule has 0 aromatic heterocycles. The summed E-state index contributed by atoms with van der Waals surface area (Å²) in [5, 5.41) is 0. The Morgan fingerprint density at radius 1 is 1.20 bits per heavy atom. The van der Waals surface area contributed by atoms with E-state index in [0.717, 1.165) is 16.3 Å². The number of aldehydes is 1. The predicted octanol–water partition coefficient (Wildman–Crippen LogP) is 3.73. The first-order valence-corrected chi connectivity index (χ1v) is 7.08. The summed E-state index contributed by atoms with van der Waals surface area (Å²) in [4.78, 5) is 25.0. The number of hydrogen-bond donors (Lipinski definition) is 0. The third-order valence-corrected chi connectivity index (χ3v) is 3.55. The summed E-state index contributed by atoms with van der Waals surface area (Å²) in [7, 11) is 1.56. The van der Waals surface area contributed by atoms with Crippen molar-refractivity contribution in [3.05, 3.63) is 34.3 Å². The molecule has 1 aromatic rings. The largest absolute Gasteiger partial charge is 0.444 e. The predicted molar refractivity (Wildman–Crippen MR) is 81.6 cm³/mol. The fourth-order valence-electron chi connectivity index (χ4n) is 1.65. The Labute approximate surface area is 128 Å². The van der Waals surface area contributed by atoms with Crippen LogP contribution in [0.15, 0.2) is 28.7 Å². The van der Waals surface area contributed by atoms with Crippen LogP contribution < -0.4 is 0 Å². The molecule has 0 spiro atoms. The Morgan fingerprint density at radius 3 is 2.10 bits per heavy atom. The highest BCUT2D eigenvalue weighted by Gasteiger charge is 2.36. The molecule has 0 aliphatic carbocycles. The lowest BCUT2D eigenvalue weighted by Gasteiger charge is -2.35. The van der Waals surface area contributed by atoms with Crippen LogP contribution in [0.25, 0.3) is 0 Å². The van der Waals surface area contributed by atoms with Crippen LogP contribution in [-0.2, 0) is 15.1 Å². The molecule has 0 radical (unpaired) electrons. The van der Waals surface area contributed by atoms with Gasteiger partial charge >= 0.3 is 6.09 Å². The van der Waals surface area contributed by atoms with Gasteiger partial charge in [0.25, 0.3) is 0 Å². The highest BCUT2D eigenvalue weighted by molar-refractivity contribution is 9.10. The van der Waals surface area contributed by atoms with Crippen molar-refractivity contribution >= 4 is 28.3 Å². The first kappa shape index (κ1) is 16.7. The normalized spacial score (nSPS) is 14.3. The highest BCUT2D eigenvalue weighted by Crippen LogP contribution is 2.27. The number of rotatable bonds is 3. The number of benzene rings is 1. The summed E-state index contributed by atoms with van der Waals surface area (Å²) in [6.07, 6.45) is 0.218. The van der Waals surface area contributed by atoms with E-state index in [4.69, 9.17) is 4.74 Å². The van der Waals surface area contributed by atoms with E-state index in [0.29, 0.717) is 0 Å². The SMILES string of the molecule is CN(C(=O)OC(C)(C)C)C(C)(C=O)c1ccc(Br)cc1. The van der Waals surface area contributed by atoms with Crippen molar-refractivity contribution in [1.29, 1.82) is 0 Å². The van der Waals surface area contributed by atoms with Gasteiger partial charge in [-0.25, -0.2) is 4.79 Å². The Balaban J connectivity index is 3.07. The molecule has 0 N–H and O–H groups in total. The second kappa shape index (κ2) is 5.95. The molecule has 1 aromatic carbocycles. The van der Waals surface area contributed by atoms with E-state index in [-0.39, 0.29) is 0 Å². The molecule has 1 unspecified atom stereocenters. The molecule has 0 saturated heterocycles. The number of hydrogen-bond acceptors (Lipinski definition) is 3. The monoisotopic (exact) mass is 341 g/mol. The topological polar surface area (TPSA) is 46.6 Å². The molecule has 0 aliphatic rings. The summed E-state index contributed by atoms with van der Waals surface area (Å²) in [6.45, 7) is 7.05. The number of carbonyl (C=O) groups excluding carboxylic acids is 2. The van der Waals surface area contributed by atoms with Crippen molar-refractivity contribution in [1.82, 2.24) is 4.90 Å². The molecule has 1 atom stereocenters. The van der Waals surface area contributed by atoms with E-state index in [1.807, 2.05) is 12.1 Å². The van der Waals surface area contributed by atoms with Crippen LogP contribution in [0.4, 0.5) is 4.79 Å². The van der Waals surface area contributed by atoms with Gasteiger partial charge in [-0.2, -0.15) is 0 Å². The van der Waals surface area contributed by atoms with Crippen LogP contribution >= 0.6 is 15.9 Å². The Hall–Kier alpha value is -1.36. The second-order valence-corrected chi connectivity index (χ2v) is 6.73. The quantitative estimate of drug-likeness (QED) is 0.787. The van der Waals surface area contributed by atoms with Crippen LogP contribution in [0, 0.1) is 0 Å². The zero-order chi connectivity index (χ0) is 15.6. The maximum atomic E-state index is 12.1. The van der Waals surface area contributed by atoms with Crippen molar-refractivity contribution in [3.8, 4) is 0 Å². The number of halogens is 1. The molecule has 4 nitrogen and oxygen atoms in total. The van der Waals surface area contributed by atoms with Crippen LogP contribution in [0.2, 0.25) is 0 Å². The van der Waals surface area contributed by atoms with Gasteiger partial charge in [0.05, 0.1) is 0 Å². The van der Waals surface area contributed by atoms with E-state index in [9.17, 15) is 9.59 Å². The first-order valence-electron chi connectivity index (χ1n) is 6.29. The molecule has 0 bridgehead atoms. The van der Waals surface area contributed by atoms with E-state index in [2.05, 4.69) is 15.9 Å². The van der Waals surface area contributed by atoms with Gasteiger partial charge in [0.1, 0.15) is 17.4 Å². The fourth-order valence-corrected chi connectivity index (χ4v) is 1.91. The number of likely N-dealkylation sites (N-methyl/N-ethyl adjacent to an activating group) is 1. The van der Waals surface area contributed by atoms with E-state index >= 15 is 0 Å². The minimum absolute atomic E-state index is 0.532. The van der Waals surface area contributed by atoms with Crippen molar-refractivity contribution in [3.63, 3.8) is 0 Å². The standard InChI is InChI=1S/C15H20BrNO3/c1-14(2,3)20-13(19)17(5)15(4,10-18)11-6-8-12(16)9-7-11/h6-10H,1-5H3. The maximum absolute atomic E-state index is 12.1. The van der Waals surface area contributed by atoms with Crippen LogP contribution in [0.1, 0.15) is 33.3 Å². The number of ether oxygens (including phenoxy) is 1. The highest BCUT2D eigenvalue weighted by atomic mass is 79.9. The van der Waals surface area contributed by atoms with Gasteiger partial charge in [-0.05, 0) is 45.4 Å². The maximum Gasteiger partial charge on any atom is 0.411 e. The lowest BCUT2D eigenvalue weighted by molar-refractivity contribution is -0.117. The molecule has 1 rings (SSSR count). The molecule has 0 saturated carbocycles. The average Bonchev–Trinajstić information content (AvgIpc) is 2.35. The van der Waals surface area contributed by atoms with Gasteiger partial charge in [-0.15, -0.1) is 0 Å². The average molecular weight is 342 g/mol. The molecule has 0 aliphatic heterocycles. The zero-order valence-corrected chi connectivity index (χ0v) is 14.0. The van der Waals surface area contributed by atoms with Gasteiger partial charge < -0.3 is 9.53 Å². The Morgan fingerprint density at radius 2 is 1.70 bits per heavy atom. The summed E-state index contributed by atoms with van der Waals surface area (Å²) < 4.78 is 6.22. The summed E-state index contributed by atoms with van der Waals surface area (Å²) in [6, 6.07) is 7.28. The van der Waals surface area contributed by atoms with Gasteiger partial charge in [0.15, 0.2) is 0 Å². The molecule has 0 heterocycles. The van der Waals surface area contributed by atoms with E-state index in [1.165, 1.54) is 4.90 Å². The lowest BCUT2D eigenvalue weighted by Crippen LogP contribution is -2.48. The molecule has 110 valence electrons. The van der Waals surface area contributed by atoms with Gasteiger partial charge in [-0.1, -0.05) is 28.1 Å². The van der Waals surface area contributed by atoms with Gasteiger partial charge in [0.2, 0.25) is 0 Å². The van der Waals surface area contributed by atoms with Crippen molar-refractivity contribution in [2.75, 3.05) is 7.05 Å². The molecule has 20 heavy (non-hydrogen) atoms. The van der Waals surface area contributed by atoms with E-state index in [1.54, 1.807) is 46.9 Å². The van der Waals surface area contributed by atoms with E-state index < -0.39 is 17.2 Å². The smallest absolute Gasteiger partial charge is 0.411 e. The minimum atomic E-state index is -1.07. The fraction of sp³-hybridized carbons (Fsp3) is 0.467. The number of nitrogens with zero attached hydrogens (tertiary/aromatic N) is 1. The molecule has 5 heteroatoms. The molecule has 0 fully saturated rings. The Bertz CT molecular complexity index is 493. The van der Waals surface area contributed by atoms with Crippen LogP contribution in [0.5, 0.6) is 0 Å². The van der Waals surface area contributed by atoms with Gasteiger partial charge in [-0.3, -0.25) is 4.90 Å². The third kappa shape index (κ3) is 3.82. The number of amides is 1. The summed E-state index contributed by atoms with van der Waals surface area (Å²) in [5.41, 5.74) is -0.943. The minimum Gasteiger partial charge on any atom is -0.444 e. The molecule has 1 amide bonds. The Kier molecular flexibility index (Phi) is 4.97. The summed E-state index contributed by atoms with van der Waals surface area (Å²) in [5.74, 6) is 0. The second-order valence-electron chi connectivity index (χ2n) is 5.81.